The number of amides is 2. The number of anilines is 1. The van der Waals surface area contributed by atoms with Crippen LogP contribution in [0.3, 0.4) is 0 Å². The Kier molecular flexibility index (Phi) is 6.19. The Bertz CT molecular complexity index is 1010. The van der Waals surface area contributed by atoms with Crippen molar-refractivity contribution >= 4 is 63.4 Å². The van der Waals surface area contributed by atoms with Crippen LogP contribution in [0.15, 0.2) is 35.3 Å². The first-order chi connectivity index (χ1) is 13.8. The molecule has 1 aliphatic rings. The highest BCUT2D eigenvalue weighted by atomic mass is 32.1. The number of aryl methyl sites for hydroxylation is 1. The van der Waals surface area contributed by atoms with Gasteiger partial charge in [0, 0.05) is 11.1 Å². The van der Waals surface area contributed by atoms with E-state index in [1.165, 1.54) is 22.5 Å². The van der Waals surface area contributed by atoms with Crippen LogP contribution < -0.4 is 10.2 Å². The first-order valence-electron chi connectivity index (χ1n) is 8.90. The largest absolute Gasteiger partial charge is 0.462 e. The Morgan fingerprint density at radius 2 is 2.00 bits per heavy atom. The minimum absolute atomic E-state index is 0.0193. The number of carbonyl (C=O) groups is 3. The quantitative estimate of drug-likeness (QED) is 0.341. The summed E-state index contributed by atoms with van der Waals surface area (Å²) in [5.74, 6) is -2.71. The third-order valence-electron chi connectivity index (χ3n) is 4.40. The predicted octanol–water partition coefficient (Wildman–Crippen LogP) is 3.31. The average Bonchev–Trinajstić information content (AvgIpc) is 2.96. The Labute approximate surface area is 177 Å². The Hall–Kier alpha value is -2.91. The van der Waals surface area contributed by atoms with E-state index in [0.717, 1.165) is 10.4 Å². The monoisotopic (exact) mass is 429 g/mol. The predicted molar refractivity (Wildman–Crippen MR) is 116 cm³/mol. The molecule has 2 amide bonds. The van der Waals surface area contributed by atoms with Gasteiger partial charge in [0.2, 0.25) is 5.91 Å². The molecule has 1 fully saturated rings. The molecule has 29 heavy (non-hydrogen) atoms. The lowest BCUT2D eigenvalue weighted by molar-refractivity contribution is -0.130. The van der Waals surface area contributed by atoms with E-state index in [1.54, 1.807) is 31.2 Å². The molecule has 2 heterocycles. The van der Waals surface area contributed by atoms with Crippen LogP contribution in [-0.4, -0.2) is 35.7 Å². The first-order valence-corrected chi connectivity index (χ1v) is 10.1. The van der Waals surface area contributed by atoms with Gasteiger partial charge in [0.05, 0.1) is 17.9 Å². The van der Waals surface area contributed by atoms with Gasteiger partial charge >= 0.3 is 5.97 Å². The van der Waals surface area contributed by atoms with Gasteiger partial charge in [-0.15, -0.1) is 11.3 Å². The summed E-state index contributed by atoms with van der Waals surface area (Å²) in [5.41, 5.74) is 1.67. The minimum Gasteiger partial charge on any atom is -0.462 e. The average molecular weight is 430 g/mol. The van der Waals surface area contributed by atoms with Gasteiger partial charge in [0.15, 0.2) is 11.0 Å². The number of benzene rings is 1. The van der Waals surface area contributed by atoms with Crippen LogP contribution in [0.4, 0.5) is 10.7 Å². The molecule has 1 aromatic heterocycles. The maximum Gasteiger partial charge on any atom is 0.341 e. The maximum absolute atomic E-state index is 13.0. The van der Waals surface area contributed by atoms with E-state index in [4.69, 9.17) is 17.0 Å². The lowest BCUT2D eigenvalue weighted by Crippen LogP contribution is -2.58. The van der Waals surface area contributed by atoms with Gasteiger partial charge in [-0.25, -0.2) is 9.79 Å². The van der Waals surface area contributed by atoms with Gasteiger partial charge in [-0.3, -0.25) is 14.5 Å². The summed E-state index contributed by atoms with van der Waals surface area (Å²) in [4.78, 5) is 44.1. The van der Waals surface area contributed by atoms with E-state index < -0.39 is 23.7 Å². The molecule has 150 valence electrons. The normalized spacial score (nSPS) is 17.0. The number of thiophene rings is 1. The van der Waals surface area contributed by atoms with Crippen molar-refractivity contribution in [2.75, 3.05) is 11.5 Å². The van der Waals surface area contributed by atoms with Gasteiger partial charge < -0.3 is 10.1 Å². The number of thiocarbonyl (C=S) groups is 1. The molecule has 1 aliphatic heterocycles. The van der Waals surface area contributed by atoms with Crippen molar-refractivity contribution in [3.8, 4) is 0 Å². The zero-order chi connectivity index (χ0) is 21.1. The molecule has 0 aliphatic carbocycles. The summed E-state index contributed by atoms with van der Waals surface area (Å²) < 4.78 is 5.11. The van der Waals surface area contributed by atoms with Crippen molar-refractivity contribution in [1.82, 2.24) is 5.32 Å². The molecule has 7 nitrogen and oxygen atoms in total. The van der Waals surface area contributed by atoms with Crippen LogP contribution >= 0.6 is 23.6 Å². The highest BCUT2D eigenvalue weighted by Crippen LogP contribution is 2.35. The van der Waals surface area contributed by atoms with Crippen LogP contribution in [0.2, 0.25) is 0 Å². The van der Waals surface area contributed by atoms with E-state index >= 15 is 0 Å². The molecule has 2 aromatic rings. The molecule has 0 bridgehead atoms. The number of hydrogen-bond acceptors (Lipinski definition) is 7. The highest BCUT2D eigenvalue weighted by molar-refractivity contribution is 7.80. The van der Waals surface area contributed by atoms with E-state index in [-0.39, 0.29) is 11.7 Å². The van der Waals surface area contributed by atoms with Gasteiger partial charge in [-0.05, 0) is 50.7 Å². The zero-order valence-corrected chi connectivity index (χ0v) is 17.7. The number of ether oxygens (including phenoxy) is 1. The van der Waals surface area contributed by atoms with Crippen molar-refractivity contribution in [1.29, 1.82) is 0 Å². The van der Waals surface area contributed by atoms with Crippen LogP contribution in [0.1, 0.15) is 27.7 Å². The molecule has 0 spiro atoms. The van der Waals surface area contributed by atoms with Crippen molar-refractivity contribution in [2.45, 2.75) is 20.8 Å². The molecule has 1 saturated heterocycles. The Morgan fingerprint density at radius 1 is 1.31 bits per heavy atom. The zero-order valence-electron chi connectivity index (χ0n) is 16.1. The van der Waals surface area contributed by atoms with E-state index in [0.29, 0.717) is 16.3 Å². The fourth-order valence-electron chi connectivity index (χ4n) is 2.83. The summed E-state index contributed by atoms with van der Waals surface area (Å²) >= 11 is 6.47. The molecule has 9 heteroatoms. The summed E-state index contributed by atoms with van der Waals surface area (Å²) in [6.45, 7) is 5.64. The second-order valence-electron chi connectivity index (χ2n) is 6.24. The molecule has 3 rings (SSSR count). The molecule has 0 saturated carbocycles. The standard InChI is InChI=1S/C20H19N3O4S2/c1-4-27-19(26)15-11(2)12(3)29-17(15)21-10-14-16(24)22-20(28)23(18(14)25)13-8-6-5-7-9-13/h5-10,14H,4H2,1-3H3,(H,22,24,28)/t14-/m1/s1. The molecule has 0 unspecified atom stereocenters. The number of aliphatic imine (C=N–C) groups is 1. The first kappa shape index (κ1) is 20.8. The van der Waals surface area contributed by atoms with Crippen LogP contribution in [0.25, 0.3) is 0 Å². The molecular weight excluding hydrogens is 410 g/mol. The number of carbonyl (C=O) groups excluding carboxylic acids is 3. The summed E-state index contributed by atoms with van der Waals surface area (Å²) in [6.07, 6.45) is 1.25. The van der Waals surface area contributed by atoms with Crippen molar-refractivity contribution < 1.29 is 19.1 Å². The van der Waals surface area contributed by atoms with Gasteiger partial charge in [-0.2, -0.15) is 0 Å². The van der Waals surface area contributed by atoms with E-state index in [2.05, 4.69) is 10.3 Å². The second-order valence-corrected chi connectivity index (χ2v) is 7.83. The molecule has 1 aromatic carbocycles. The fraction of sp³-hybridized carbons (Fsp3) is 0.250. The number of para-hydroxylation sites is 1. The SMILES string of the molecule is CCOC(=O)c1c(N=C[C@@H]2C(=O)NC(=S)N(c3ccccc3)C2=O)sc(C)c1C. The van der Waals surface area contributed by atoms with Gasteiger partial charge in [-0.1, -0.05) is 18.2 Å². The number of nitrogens with one attached hydrogen (secondary N) is 1. The van der Waals surface area contributed by atoms with Crippen molar-refractivity contribution in [3.63, 3.8) is 0 Å². The lowest BCUT2D eigenvalue weighted by Gasteiger charge is -2.30. The van der Waals surface area contributed by atoms with Crippen LogP contribution in [0.5, 0.6) is 0 Å². The van der Waals surface area contributed by atoms with E-state index in [9.17, 15) is 14.4 Å². The van der Waals surface area contributed by atoms with Crippen molar-refractivity contribution in [3.05, 3.63) is 46.3 Å². The third kappa shape index (κ3) is 4.10. The smallest absolute Gasteiger partial charge is 0.341 e. The highest BCUT2D eigenvalue weighted by Gasteiger charge is 2.38. The van der Waals surface area contributed by atoms with E-state index in [1.807, 2.05) is 19.9 Å². The third-order valence-corrected chi connectivity index (χ3v) is 5.80. The molecular formula is C20H19N3O4S2. The van der Waals surface area contributed by atoms with Crippen LogP contribution in [-0.2, 0) is 14.3 Å². The van der Waals surface area contributed by atoms with Gasteiger partial charge in [0.1, 0.15) is 5.00 Å². The Balaban J connectivity index is 1.93. The number of rotatable bonds is 5. The number of esters is 1. The summed E-state index contributed by atoms with van der Waals surface area (Å²) in [6, 6.07) is 8.81. The topological polar surface area (TPSA) is 88.1 Å². The summed E-state index contributed by atoms with van der Waals surface area (Å²) in [7, 11) is 0. The summed E-state index contributed by atoms with van der Waals surface area (Å²) in [5, 5.41) is 2.96. The number of hydrogen-bond donors (Lipinski definition) is 1. The van der Waals surface area contributed by atoms with Crippen LogP contribution in [0, 0.1) is 19.8 Å². The Morgan fingerprint density at radius 3 is 2.66 bits per heavy atom. The number of nitrogens with zero attached hydrogens (tertiary/aromatic N) is 2. The lowest BCUT2D eigenvalue weighted by atomic mass is 10.1. The van der Waals surface area contributed by atoms with Crippen molar-refractivity contribution in [2.24, 2.45) is 10.9 Å². The second kappa shape index (κ2) is 8.62. The molecule has 1 atom stereocenters. The molecule has 0 radical (unpaired) electrons. The fourth-order valence-corrected chi connectivity index (χ4v) is 4.12. The minimum atomic E-state index is -1.17. The maximum atomic E-state index is 13.0. The molecule has 1 N–H and O–H groups in total. The van der Waals surface area contributed by atoms with Gasteiger partial charge in [0.25, 0.3) is 5.91 Å².